The highest BCUT2D eigenvalue weighted by molar-refractivity contribution is 7.80. The predicted octanol–water partition coefficient (Wildman–Crippen LogP) is 1.66. The van der Waals surface area contributed by atoms with Gasteiger partial charge in [0.1, 0.15) is 0 Å². The molecule has 6 heteroatoms. The van der Waals surface area contributed by atoms with Crippen molar-refractivity contribution in [1.29, 1.82) is 0 Å². The van der Waals surface area contributed by atoms with Gasteiger partial charge in [0.2, 0.25) is 5.91 Å². The summed E-state index contributed by atoms with van der Waals surface area (Å²) < 4.78 is 15.4. The molecule has 0 saturated carbocycles. The first-order valence-electron chi connectivity index (χ1n) is 7.33. The molecule has 0 aromatic heterocycles. The van der Waals surface area contributed by atoms with Gasteiger partial charge >= 0.3 is 0 Å². The highest BCUT2D eigenvalue weighted by Crippen LogP contribution is 1.99. The molecule has 0 aliphatic carbocycles. The number of unbranched alkanes of at least 4 members (excludes halogenated alkanes) is 3. The van der Waals surface area contributed by atoms with Gasteiger partial charge in [-0.25, -0.2) is 0 Å². The van der Waals surface area contributed by atoms with Gasteiger partial charge in [-0.15, -0.1) is 0 Å². The lowest BCUT2D eigenvalue weighted by molar-refractivity contribution is -0.122. The fraction of sp³-hybridized carbons (Fsp3) is 0.929. The second-order valence-electron chi connectivity index (χ2n) is 4.46. The van der Waals surface area contributed by atoms with E-state index in [-0.39, 0.29) is 5.91 Å². The van der Waals surface area contributed by atoms with Crippen molar-refractivity contribution in [3.05, 3.63) is 0 Å². The van der Waals surface area contributed by atoms with Crippen LogP contribution in [0.2, 0.25) is 0 Å². The van der Waals surface area contributed by atoms with Crippen molar-refractivity contribution in [2.45, 2.75) is 32.1 Å². The minimum Gasteiger partial charge on any atom is -0.382 e. The van der Waals surface area contributed by atoms with Gasteiger partial charge in [0, 0.05) is 20.1 Å². The van der Waals surface area contributed by atoms with Crippen molar-refractivity contribution in [2.24, 2.45) is 0 Å². The summed E-state index contributed by atoms with van der Waals surface area (Å²) in [6.07, 6.45) is 4.93. The second-order valence-corrected chi connectivity index (χ2v) is 4.90. The van der Waals surface area contributed by atoms with Crippen LogP contribution in [0.3, 0.4) is 0 Å². The molecule has 0 aliphatic heterocycles. The van der Waals surface area contributed by atoms with E-state index in [1.54, 1.807) is 7.11 Å². The summed E-state index contributed by atoms with van der Waals surface area (Å²) in [5, 5.41) is 2.89. The standard InChI is InChI=1S/C14H29NO4S/c1-17-9-10-19-12-11-18-8-6-14(16)15-7-4-2-3-5-13-20/h20H,2-13H2,1H3,(H,15,16). The normalized spacial score (nSPS) is 10.7. The molecule has 0 unspecified atom stereocenters. The molecule has 0 radical (unpaired) electrons. The Kier molecular flexibility index (Phi) is 16.5. The molecule has 1 N–H and O–H groups in total. The van der Waals surface area contributed by atoms with Crippen LogP contribution in [-0.2, 0) is 19.0 Å². The maximum atomic E-state index is 11.5. The molecule has 20 heavy (non-hydrogen) atoms. The van der Waals surface area contributed by atoms with Gasteiger partial charge < -0.3 is 19.5 Å². The smallest absolute Gasteiger partial charge is 0.222 e. The van der Waals surface area contributed by atoms with Crippen molar-refractivity contribution in [3.63, 3.8) is 0 Å². The topological polar surface area (TPSA) is 56.8 Å². The maximum absolute atomic E-state index is 11.5. The van der Waals surface area contributed by atoms with Gasteiger partial charge in [-0.1, -0.05) is 12.8 Å². The highest BCUT2D eigenvalue weighted by atomic mass is 32.1. The quantitative estimate of drug-likeness (QED) is 0.357. The minimum atomic E-state index is 0.0551. The number of hydrogen-bond donors (Lipinski definition) is 2. The summed E-state index contributed by atoms with van der Waals surface area (Å²) >= 11 is 4.16. The highest BCUT2D eigenvalue weighted by Gasteiger charge is 2.00. The van der Waals surface area contributed by atoms with Gasteiger partial charge in [0.05, 0.1) is 33.0 Å². The Labute approximate surface area is 128 Å². The zero-order valence-corrected chi connectivity index (χ0v) is 13.5. The summed E-state index contributed by atoms with van der Waals surface area (Å²) in [4.78, 5) is 11.5. The van der Waals surface area contributed by atoms with E-state index in [4.69, 9.17) is 14.2 Å². The number of rotatable bonds is 15. The number of nitrogens with one attached hydrogen (secondary N) is 1. The summed E-state index contributed by atoms with van der Waals surface area (Å²) in [5.74, 6) is 0.998. The molecule has 5 nitrogen and oxygen atoms in total. The molecule has 0 rings (SSSR count). The number of ether oxygens (including phenoxy) is 3. The van der Waals surface area contributed by atoms with Crippen LogP contribution in [-0.4, -0.2) is 58.3 Å². The Bertz CT molecular complexity index is 217. The van der Waals surface area contributed by atoms with Crippen molar-refractivity contribution < 1.29 is 19.0 Å². The average Bonchev–Trinajstić information content (AvgIpc) is 2.45. The number of methoxy groups -OCH3 is 1. The minimum absolute atomic E-state index is 0.0551. The van der Waals surface area contributed by atoms with Crippen LogP contribution in [0.15, 0.2) is 0 Å². The molecule has 0 aliphatic rings. The third-order valence-electron chi connectivity index (χ3n) is 2.68. The van der Waals surface area contributed by atoms with E-state index in [0.29, 0.717) is 39.5 Å². The number of thiol groups is 1. The van der Waals surface area contributed by atoms with Gasteiger partial charge in [0.15, 0.2) is 0 Å². The monoisotopic (exact) mass is 307 g/mol. The first-order chi connectivity index (χ1) is 9.81. The summed E-state index contributed by atoms with van der Waals surface area (Å²) in [6, 6.07) is 0. The lowest BCUT2D eigenvalue weighted by atomic mass is 10.2. The Morgan fingerprint density at radius 1 is 0.950 bits per heavy atom. The van der Waals surface area contributed by atoms with E-state index >= 15 is 0 Å². The number of carbonyl (C=O) groups is 1. The molecular weight excluding hydrogens is 278 g/mol. The van der Waals surface area contributed by atoms with Gasteiger partial charge in [-0.3, -0.25) is 4.79 Å². The fourth-order valence-electron chi connectivity index (χ4n) is 1.54. The molecule has 0 aromatic carbocycles. The molecular formula is C14H29NO4S. The average molecular weight is 307 g/mol. The molecule has 0 bridgehead atoms. The first kappa shape index (κ1) is 19.7. The molecule has 0 aromatic rings. The lowest BCUT2D eigenvalue weighted by Gasteiger charge is -2.07. The number of carbonyl (C=O) groups excluding carboxylic acids is 1. The van der Waals surface area contributed by atoms with Crippen molar-refractivity contribution in [3.8, 4) is 0 Å². The predicted molar refractivity (Wildman–Crippen MR) is 83.5 cm³/mol. The molecule has 0 saturated heterocycles. The molecule has 120 valence electrons. The van der Waals surface area contributed by atoms with Crippen LogP contribution in [0.4, 0.5) is 0 Å². The molecule has 0 atom stereocenters. The van der Waals surface area contributed by atoms with E-state index in [2.05, 4.69) is 17.9 Å². The Hall–Kier alpha value is -0.300. The van der Waals surface area contributed by atoms with E-state index in [0.717, 1.165) is 31.6 Å². The first-order valence-corrected chi connectivity index (χ1v) is 7.96. The van der Waals surface area contributed by atoms with Gasteiger partial charge in [-0.05, 0) is 18.6 Å². The summed E-state index contributed by atoms with van der Waals surface area (Å²) in [7, 11) is 1.64. The van der Waals surface area contributed by atoms with Gasteiger partial charge in [0.25, 0.3) is 0 Å². The van der Waals surface area contributed by atoms with Crippen molar-refractivity contribution >= 4 is 18.5 Å². The molecule has 0 heterocycles. The maximum Gasteiger partial charge on any atom is 0.222 e. The van der Waals surface area contributed by atoms with E-state index in [1.165, 1.54) is 6.42 Å². The number of hydrogen-bond acceptors (Lipinski definition) is 5. The van der Waals surface area contributed by atoms with Crippen molar-refractivity contribution in [1.82, 2.24) is 5.32 Å². The Balaban J connectivity index is 3.12. The second kappa shape index (κ2) is 16.8. The van der Waals surface area contributed by atoms with Crippen molar-refractivity contribution in [2.75, 3.05) is 52.4 Å². The van der Waals surface area contributed by atoms with Crippen LogP contribution in [0.1, 0.15) is 32.1 Å². The van der Waals surface area contributed by atoms with E-state index in [1.807, 2.05) is 0 Å². The number of amides is 1. The third kappa shape index (κ3) is 15.8. The van der Waals surface area contributed by atoms with Crippen LogP contribution in [0.5, 0.6) is 0 Å². The SMILES string of the molecule is COCCOCCOCCC(=O)NCCCCCCS. The summed E-state index contributed by atoms with van der Waals surface area (Å²) in [5.41, 5.74) is 0. The van der Waals surface area contributed by atoms with Crippen LogP contribution < -0.4 is 5.32 Å². The lowest BCUT2D eigenvalue weighted by Crippen LogP contribution is -2.25. The third-order valence-corrected chi connectivity index (χ3v) is 3.00. The Morgan fingerprint density at radius 2 is 1.60 bits per heavy atom. The van der Waals surface area contributed by atoms with Crippen LogP contribution >= 0.6 is 12.6 Å². The molecule has 1 amide bonds. The molecule has 0 fully saturated rings. The van der Waals surface area contributed by atoms with E-state index < -0.39 is 0 Å². The molecule has 0 spiro atoms. The fourth-order valence-corrected chi connectivity index (χ4v) is 1.76. The Morgan fingerprint density at radius 3 is 2.30 bits per heavy atom. The largest absolute Gasteiger partial charge is 0.382 e. The van der Waals surface area contributed by atoms with Crippen LogP contribution in [0.25, 0.3) is 0 Å². The summed E-state index contributed by atoms with van der Waals surface area (Å²) in [6.45, 7) is 3.42. The van der Waals surface area contributed by atoms with Crippen LogP contribution in [0, 0.1) is 0 Å². The zero-order chi connectivity index (χ0) is 14.9. The zero-order valence-electron chi connectivity index (χ0n) is 12.6. The van der Waals surface area contributed by atoms with Gasteiger partial charge in [-0.2, -0.15) is 12.6 Å². The van der Waals surface area contributed by atoms with E-state index in [9.17, 15) is 4.79 Å².